The van der Waals surface area contributed by atoms with Crippen LogP contribution in [0.3, 0.4) is 0 Å². The summed E-state index contributed by atoms with van der Waals surface area (Å²) in [5.74, 6) is 0.0131. The maximum absolute atomic E-state index is 11.8. The van der Waals surface area contributed by atoms with Crippen LogP contribution in [-0.2, 0) is 4.79 Å². The van der Waals surface area contributed by atoms with Crippen molar-refractivity contribution in [2.24, 2.45) is 0 Å². The molecule has 2 rings (SSSR count). The van der Waals surface area contributed by atoms with E-state index < -0.39 is 5.97 Å². The first-order chi connectivity index (χ1) is 9.43. The molecule has 0 amide bonds. The number of benzene rings is 2. The van der Waals surface area contributed by atoms with Crippen LogP contribution in [0.2, 0.25) is 5.02 Å². The molecule has 0 radical (unpaired) electrons. The number of phenols is 1. The van der Waals surface area contributed by atoms with Gasteiger partial charge in [0, 0.05) is 21.4 Å². The molecule has 3 nitrogen and oxygen atoms in total. The number of esters is 1. The van der Waals surface area contributed by atoms with Gasteiger partial charge in [0.15, 0.2) is 5.75 Å². The lowest BCUT2D eigenvalue weighted by molar-refractivity contribution is -0.130. The van der Waals surface area contributed by atoms with Gasteiger partial charge in [-0.2, -0.15) is 0 Å². The third-order valence-electron chi connectivity index (χ3n) is 2.76. The zero-order valence-electron chi connectivity index (χ0n) is 11.1. The summed E-state index contributed by atoms with van der Waals surface area (Å²) in [6, 6.07) is 6.60. The summed E-state index contributed by atoms with van der Waals surface area (Å²) in [4.78, 5) is 12.4. The summed E-state index contributed by atoms with van der Waals surface area (Å²) in [6.07, 6.45) is 1.84. The van der Waals surface area contributed by atoms with Crippen molar-refractivity contribution >= 4 is 40.1 Å². The highest BCUT2D eigenvalue weighted by Gasteiger charge is 2.16. The fourth-order valence-electron chi connectivity index (χ4n) is 1.76. The van der Waals surface area contributed by atoms with Gasteiger partial charge < -0.3 is 9.84 Å². The number of rotatable bonds is 3. The molecule has 0 aliphatic heterocycles. The zero-order valence-corrected chi connectivity index (χ0v) is 12.6. The average molecular weight is 309 g/mol. The number of carbonyl (C=O) groups excluding carboxylic acids is 1. The van der Waals surface area contributed by atoms with Crippen LogP contribution in [0.15, 0.2) is 41.3 Å². The number of phenolic OH excluding ortho intramolecular Hbond substituents is 1. The monoisotopic (exact) mass is 308 g/mol. The first-order valence-corrected chi connectivity index (χ1v) is 7.41. The molecule has 0 spiro atoms. The molecule has 0 aromatic heterocycles. The Labute approximate surface area is 126 Å². The van der Waals surface area contributed by atoms with Crippen LogP contribution in [0.5, 0.6) is 11.5 Å². The Morgan fingerprint density at radius 3 is 2.65 bits per heavy atom. The van der Waals surface area contributed by atoms with Gasteiger partial charge in [-0.3, -0.25) is 0 Å². The first-order valence-electron chi connectivity index (χ1n) is 5.81. The molecule has 104 valence electrons. The van der Waals surface area contributed by atoms with Gasteiger partial charge in [0.05, 0.1) is 4.90 Å². The van der Waals surface area contributed by atoms with E-state index >= 15 is 0 Å². The fraction of sp³-hybridized carbons (Fsp3) is 0.133. The highest BCUT2D eigenvalue weighted by Crippen LogP contribution is 2.41. The van der Waals surface area contributed by atoms with E-state index in [4.69, 9.17) is 16.3 Å². The summed E-state index contributed by atoms with van der Waals surface area (Å²) < 4.78 is 5.39. The van der Waals surface area contributed by atoms with Gasteiger partial charge >= 0.3 is 5.97 Å². The van der Waals surface area contributed by atoms with Crippen molar-refractivity contribution in [3.63, 3.8) is 0 Å². The SMILES string of the molecule is C=C(C)C(=O)Oc1c(SC)cc(O)c2cc(Cl)ccc12. The van der Waals surface area contributed by atoms with Crippen molar-refractivity contribution in [3.8, 4) is 11.5 Å². The quantitative estimate of drug-likeness (QED) is 0.395. The number of hydrogen-bond acceptors (Lipinski definition) is 4. The van der Waals surface area contributed by atoms with E-state index in [0.29, 0.717) is 32.0 Å². The van der Waals surface area contributed by atoms with Crippen molar-refractivity contribution in [3.05, 3.63) is 41.4 Å². The summed E-state index contributed by atoms with van der Waals surface area (Å²) in [5, 5.41) is 11.7. The largest absolute Gasteiger partial charge is 0.507 e. The van der Waals surface area contributed by atoms with Crippen LogP contribution in [-0.4, -0.2) is 17.3 Å². The molecule has 5 heteroatoms. The molecule has 0 fully saturated rings. The van der Waals surface area contributed by atoms with Crippen LogP contribution in [0.25, 0.3) is 10.8 Å². The average Bonchev–Trinajstić information content (AvgIpc) is 2.41. The van der Waals surface area contributed by atoms with Gasteiger partial charge in [-0.1, -0.05) is 18.2 Å². The second-order valence-electron chi connectivity index (χ2n) is 4.29. The van der Waals surface area contributed by atoms with Gasteiger partial charge in [0.25, 0.3) is 0 Å². The van der Waals surface area contributed by atoms with Gasteiger partial charge in [-0.15, -0.1) is 11.8 Å². The zero-order chi connectivity index (χ0) is 14.9. The Hall–Kier alpha value is -1.65. The highest BCUT2D eigenvalue weighted by molar-refractivity contribution is 7.98. The maximum Gasteiger partial charge on any atom is 0.338 e. The molecule has 20 heavy (non-hydrogen) atoms. The molecular weight excluding hydrogens is 296 g/mol. The molecule has 0 bridgehead atoms. The van der Waals surface area contributed by atoms with Gasteiger partial charge in [0.1, 0.15) is 5.75 Å². The fourth-order valence-corrected chi connectivity index (χ4v) is 2.50. The number of aromatic hydroxyl groups is 1. The van der Waals surface area contributed by atoms with E-state index in [2.05, 4.69) is 6.58 Å². The van der Waals surface area contributed by atoms with Crippen molar-refractivity contribution < 1.29 is 14.6 Å². The van der Waals surface area contributed by atoms with Crippen molar-refractivity contribution in [2.45, 2.75) is 11.8 Å². The van der Waals surface area contributed by atoms with Crippen LogP contribution in [0.4, 0.5) is 0 Å². The smallest absolute Gasteiger partial charge is 0.338 e. The Balaban J connectivity index is 2.69. The maximum atomic E-state index is 11.8. The Morgan fingerprint density at radius 2 is 2.05 bits per heavy atom. The third kappa shape index (κ3) is 2.76. The standard InChI is InChI=1S/C15H13ClO3S/c1-8(2)15(18)19-14-10-5-4-9(16)6-11(10)12(17)7-13(14)20-3/h4-7,17H,1H2,2-3H3. The molecule has 2 aromatic carbocycles. The van der Waals surface area contributed by atoms with Crippen molar-refractivity contribution in [1.29, 1.82) is 0 Å². The second kappa shape index (κ2) is 5.77. The predicted octanol–water partition coefficient (Wildman–Crippen LogP) is 4.40. The molecule has 0 aliphatic rings. The van der Waals surface area contributed by atoms with Gasteiger partial charge in [0.2, 0.25) is 0 Å². The molecule has 0 atom stereocenters. The van der Waals surface area contributed by atoms with Crippen LogP contribution < -0.4 is 4.74 Å². The first kappa shape index (κ1) is 14.8. The molecule has 0 aliphatic carbocycles. The van der Waals surface area contributed by atoms with E-state index in [1.807, 2.05) is 6.26 Å². The number of thioether (sulfide) groups is 1. The number of ether oxygens (including phenoxy) is 1. The van der Waals surface area contributed by atoms with Gasteiger partial charge in [-0.05, 0) is 37.4 Å². The van der Waals surface area contributed by atoms with E-state index in [1.165, 1.54) is 11.8 Å². The molecule has 0 saturated heterocycles. The number of halogens is 1. The summed E-state index contributed by atoms with van der Waals surface area (Å²) >= 11 is 7.32. The van der Waals surface area contributed by atoms with E-state index in [-0.39, 0.29) is 5.75 Å². The molecule has 1 N–H and O–H groups in total. The summed E-state index contributed by atoms with van der Waals surface area (Å²) in [5.41, 5.74) is 0.312. The second-order valence-corrected chi connectivity index (χ2v) is 5.57. The lowest BCUT2D eigenvalue weighted by Crippen LogP contribution is -2.09. The predicted molar refractivity (Wildman–Crippen MR) is 82.9 cm³/mol. The van der Waals surface area contributed by atoms with Crippen molar-refractivity contribution in [1.82, 2.24) is 0 Å². The molecule has 0 unspecified atom stereocenters. The summed E-state index contributed by atoms with van der Waals surface area (Å²) in [6.45, 7) is 5.15. The number of fused-ring (bicyclic) bond motifs is 1. The summed E-state index contributed by atoms with van der Waals surface area (Å²) in [7, 11) is 0. The molecular formula is C15H13ClO3S. The van der Waals surface area contributed by atoms with Gasteiger partial charge in [-0.25, -0.2) is 4.79 Å². The Morgan fingerprint density at radius 1 is 1.35 bits per heavy atom. The van der Waals surface area contributed by atoms with E-state index in [0.717, 1.165) is 0 Å². The number of carbonyl (C=O) groups is 1. The van der Waals surface area contributed by atoms with Crippen molar-refractivity contribution in [2.75, 3.05) is 6.26 Å². The van der Waals surface area contributed by atoms with Crippen LogP contribution >= 0.6 is 23.4 Å². The minimum absolute atomic E-state index is 0.0990. The Bertz CT molecular complexity index is 710. The lowest BCUT2D eigenvalue weighted by atomic mass is 10.1. The Kier molecular flexibility index (Phi) is 4.26. The van der Waals surface area contributed by atoms with E-state index in [9.17, 15) is 9.90 Å². The van der Waals surface area contributed by atoms with E-state index in [1.54, 1.807) is 31.2 Å². The number of hydrogen-bond donors (Lipinski definition) is 1. The minimum Gasteiger partial charge on any atom is -0.507 e. The minimum atomic E-state index is -0.498. The normalized spacial score (nSPS) is 10.6. The molecule has 2 aromatic rings. The highest BCUT2D eigenvalue weighted by atomic mass is 35.5. The topological polar surface area (TPSA) is 46.5 Å². The third-order valence-corrected chi connectivity index (χ3v) is 3.74. The molecule has 0 heterocycles. The molecule has 0 saturated carbocycles. The van der Waals surface area contributed by atoms with Crippen LogP contribution in [0, 0.1) is 0 Å². The van der Waals surface area contributed by atoms with Crippen LogP contribution in [0.1, 0.15) is 6.92 Å². The lowest BCUT2D eigenvalue weighted by Gasteiger charge is -2.13.